The van der Waals surface area contributed by atoms with Gasteiger partial charge in [-0.2, -0.15) is 0 Å². The number of nitrogens with zero attached hydrogens (tertiary/aromatic N) is 3. The van der Waals surface area contributed by atoms with Crippen LogP contribution in [-0.4, -0.2) is 22.6 Å². The average molecular weight is 256 g/mol. The van der Waals surface area contributed by atoms with Crippen molar-refractivity contribution < 1.29 is 0 Å². The van der Waals surface area contributed by atoms with Gasteiger partial charge in [-0.25, -0.2) is 4.98 Å². The lowest BCUT2D eigenvalue weighted by molar-refractivity contribution is 0.813. The molecule has 0 bridgehead atoms. The molecule has 1 aromatic heterocycles. The summed E-state index contributed by atoms with van der Waals surface area (Å²) in [5, 5.41) is 3.40. The second kappa shape index (κ2) is 5.34. The monoisotopic (exact) mass is 256 g/mol. The van der Waals surface area contributed by atoms with E-state index in [-0.39, 0.29) is 0 Å². The van der Waals surface area contributed by atoms with Gasteiger partial charge in [-0.1, -0.05) is 0 Å². The van der Waals surface area contributed by atoms with Crippen LogP contribution in [0, 0.1) is 0 Å². The zero-order valence-corrected chi connectivity index (χ0v) is 11.3. The Labute approximate surface area is 114 Å². The number of rotatable bonds is 4. The van der Waals surface area contributed by atoms with Crippen molar-refractivity contribution in [2.24, 2.45) is 7.05 Å². The zero-order chi connectivity index (χ0) is 13.1. The van der Waals surface area contributed by atoms with Crippen molar-refractivity contribution in [3.05, 3.63) is 42.5 Å². The quantitative estimate of drug-likeness (QED) is 0.913. The number of hydrogen-bond acceptors (Lipinski definition) is 3. The van der Waals surface area contributed by atoms with Crippen LogP contribution in [0.15, 0.2) is 36.7 Å². The standard InChI is InChI=1S/C15H20N4/c1-18-11-8-16-15(18)12-17-13-4-6-14(7-5-13)19-9-2-3-10-19/h4-8,11,17H,2-3,9-10,12H2,1H3. The summed E-state index contributed by atoms with van der Waals surface area (Å²) in [5.41, 5.74) is 2.48. The van der Waals surface area contributed by atoms with Crippen LogP contribution in [0.25, 0.3) is 0 Å². The topological polar surface area (TPSA) is 33.1 Å². The molecule has 100 valence electrons. The molecule has 0 atom stereocenters. The van der Waals surface area contributed by atoms with Crippen LogP contribution in [0.3, 0.4) is 0 Å². The second-order valence-corrected chi connectivity index (χ2v) is 5.05. The Kier molecular flexibility index (Phi) is 3.40. The van der Waals surface area contributed by atoms with E-state index in [1.165, 1.54) is 31.6 Å². The van der Waals surface area contributed by atoms with Crippen molar-refractivity contribution in [1.82, 2.24) is 9.55 Å². The summed E-state index contributed by atoms with van der Waals surface area (Å²) in [4.78, 5) is 6.75. The minimum absolute atomic E-state index is 0.757. The fourth-order valence-electron chi connectivity index (χ4n) is 2.51. The third-order valence-electron chi connectivity index (χ3n) is 3.71. The minimum atomic E-state index is 0.757. The Hall–Kier alpha value is -1.97. The maximum atomic E-state index is 4.30. The highest BCUT2D eigenvalue weighted by atomic mass is 15.1. The smallest absolute Gasteiger partial charge is 0.127 e. The van der Waals surface area contributed by atoms with Gasteiger partial charge in [-0.15, -0.1) is 0 Å². The highest BCUT2D eigenvalue weighted by Crippen LogP contribution is 2.22. The molecule has 1 saturated heterocycles. The van der Waals surface area contributed by atoms with Crippen LogP contribution in [0.1, 0.15) is 18.7 Å². The molecule has 0 radical (unpaired) electrons. The van der Waals surface area contributed by atoms with Gasteiger partial charge >= 0.3 is 0 Å². The molecule has 3 rings (SSSR count). The Morgan fingerprint density at radius 3 is 2.53 bits per heavy atom. The molecule has 2 aromatic rings. The van der Waals surface area contributed by atoms with Gasteiger partial charge in [0.15, 0.2) is 0 Å². The summed E-state index contributed by atoms with van der Waals surface area (Å²) < 4.78 is 2.03. The molecule has 4 nitrogen and oxygen atoms in total. The molecule has 4 heteroatoms. The van der Waals surface area contributed by atoms with E-state index in [0.717, 1.165) is 18.1 Å². The molecular weight excluding hydrogens is 236 g/mol. The molecule has 1 fully saturated rings. The Balaban J connectivity index is 1.61. The maximum absolute atomic E-state index is 4.30. The average Bonchev–Trinajstić information content (AvgIpc) is 3.09. The first-order valence-electron chi connectivity index (χ1n) is 6.88. The normalized spacial score (nSPS) is 14.9. The number of hydrogen-bond donors (Lipinski definition) is 1. The SMILES string of the molecule is Cn1ccnc1CNc1ccc(N2CCCC2)cc1. The first-order valence-corrected chi connectivity index (χ1v) is 6.88. The van der Waals surface area contributed by atoms with Crippen LogP contribution in [0.5, 0.6) is 0 Å². The molecule has 1 aliphatic heterocycles. The Bertz CT molecular complexity index is 523. The Morgan fingerprint density at radius 1 is 1.16 bits per heavy atom. The number of aromatic nitrogens is 2. The number of imidazole rings is 1. The minimum Gasteiger partial charge on any atom is -0.378 e. The van der Waals surface area contributed by atoms with E-state index in [0.29, 0.717) is 0 Å². The van der Waals surface area contributed by atoms with E-state index < -0.39 is 0 Å². The summed E-state index contributed by atoms with van der Waals surface area (Å²) in [6.07, 6.45) is 6.43. The van der Waals surface area contributed by atoms with Gasteiger partial charge < -0.3 is 14.8 Å². The van der Waals surface area contributed by atoms with E-state index in [1.807, 2.05) is 24.0 Å². The molecule has 2 heterocycles. The van der Waals surface area contributed by atoms with Gasteiger partial charge in [-0.05, 0) is 37.1 Å². The third kappa shape index (κ3) is 2.72. The van der Waals surface area contributed by atoms with E-state index in [1.54, 1.807) is 0 Å². The highest BCUT2D eigenvalue weighted by Gasteiger charge is 2.11. The molecule has 1 aromatic carbocycles. The summed E-state index contributed by atoms with van der Waals surface area (Å²) in [5.74, 6) is 1.05. The summed E-state index contributed by atoms with van der Waals surface area (Å²) in [6.45, 7) is 3.15. The number of nitrogens with one attached hydrogen (secondary N) is 1. The van der Waals surface area contributed by atoms with Gasteiger partial charge in [0.25, 0.3) is 0 Å². The predicted molar refractivity (Wildman–Crippen MR) is 78.4 cm³/mol. The molecule has 19 heavy (non-hydrogen) atoms. The summed E-state index contributed by atoms with van der Waals surface area (Å²) in [7, 11) is 2.01. The number of anilines is 2. The Morgan fingerprint density at radius 2 is 1.89 bits per heavy atom. The maximum Gasteiger partial charge on any atom is 0.127 e. The zero-order valence-electron chi connectivity index (χ0n) is 11.3. The molecule has 0 aliphatic carbocycles. The van der Waals surface area contributed by atoms with Crippen molar-refractivity contribution in [3.63, 3.8) is 0 Å². The van der Waals surface area contributed by atoms with E-state index in [4.69, 9.17) is 0 Å². The van der Waals surface area contributed by atoms with Crippen molar-refractivity contribution >= 4 is 11.4 Å². The largest absolute Gasteiger partial charge is 0.378 e. The lowest BCUT2D eigenvalue weighted by Crippen LogP contribution is -2.17. The second-order valence-electron chi connectivity index (χ2n) is 5.05. The first-order chi connectivity index (χ1) is 9.33. The molecule has 1 N–H and O–H groups in total. The van der Waals surface area contributed by atoms with Gasteiger partial charge in [0, 0.05) is 43.9 Å². The predicted octanol–water partition coefficient (Wildman–Crippen LogP) is 2.63. The van der Waals surface area contributed by atoms with Crippen molar-refractivity contribution in [2.75, 3.05) is 23.3 Å². The molecular formula is C15H20N4. The molecule has 0 spiro atoms. The van der Waals surface area contributed by atoms with E-state index >= 15 is 0 Å². The molecule has 0 amide bonds. The van der Waals surface area contributed by atoms with Gasteiger partial charge in [0.2, 0.25) is 0 Å². The first kappa shape index (κ1) is 12.1. The summed E-state index contributed by atoms with van der Waals surface area (Å²) >= 11 is 0. The van der Waals surface area contributed by atoms with Gasteiger partial charge in [0.05, 0.1) is 6.54 Å². The molecule has 1 aliphatic rings. The van der Waals surface area contributed by atoms with Gasteiger partial charge in [-0.3, -0.25) is 0 Å². The number of benzene rings is 1. The summed E-state index contributed by atoms with van der Waals surface area (Å²) in [6, 6.07) is 8.70. The third-order valence-corrected chi connectivity index (χ3v) is 3.71. The fourth-order valence-corrected chi connectivity index (χ4v) is 2.51. The van der Waals surface area contributed by atoms with Crippen molar-refractivity contribution in [3.8, 4) is 0 Å². The fraction of sp³-hybridized carbons (Fsp3) is 0.400. The van der Waals surface area contributed by atoms with Crippen LogP contribution >= 0.6 is 0 Å². The van der Waals surface area contributed by atoms with Crippen LogP contribution in [0.4, 0.5) is 11.4 Å². The van der Waals surface area contributed by atoms with Crippen LogP contribution in [-0.2, 0) is 13.6 Å². The van der Waals surface area contributed by atoms with Gasteiger partial charge in [0.1, 0.15) is 5.82 Å². The van der Waals surface area contributed by atoms with Crippen LogP contribution < -0.4 is 10.2 Å². The van der Waals surface area contributed by atoms with Crippen molar-refractivity contribution in [2.45, 2.75) is 19.4 Å². The number of aryl methyl sites for hydroxylation is 1. The molecule has 0 unspecified atom stereocenters. The molecule has 0 saturated carbocycles. The highest BCUT2D eigenvalue weighted by molar-refractivity contribution is 5.55. The lowest BCUT2D eigenvalue weighted by Gasteiger charge is -2.18. The van der Waals surface area contributed by atoms with Crippen molar-refractivity contribution in [1.29, 1.82) is 0 Å². The van der Waals surface area contributed by atoms with E-state index in [2.05, 4.69) is 39.5 Å². The lowest BCUT2D eigenvalue weighted by atomic mass is 10.2. The van der Waals surface area contributed by atoms with E-state index in [9.17, 15) is 0 Å². The van der Waals surface area contributed by atoms with Crippen LogP contribution in [0.2, 0.25) is 0 Å².